The third-order valence-corrected chi connectivity index (χ3v) is 5.42. The largest absolute Gasteiger partial charge is 0.484 e. The van der Waals surface area contributed by atoms with Crippen molar-refractivity contribution in [2.24, 2.45) is 5.73 Å². The van der Waals surface area contributed by atoms with Gasteiger partial charge in [0, 0.05) is 25.2 Å². The van der Waals surface area contributed by atoms with Crippen molar-refractivity contribution in [3.63, 3.8) is 0 Å². The van der Waals surface area contributed by atoms with E-state index < -0.39 is 56.5 Å². The standard InChI is InChI=1S/C16H14F4N2O4S/c1-22(2)27(24,25)15-13(20)11(18)10(17)12(19)14(15)26-7-8-5-3-4-6-9(8)16(21)23/h3-6H,7H2,1-2H3,(H2,21,23). The first-order valence-corrected chi connectivity index (χ1v) is 8.73. The van der Waals surface area contributed by atoms with E-state index in [0.29, 0.717) is 4.31 Å². The second-order valence-corrected chi connectivity index (χ2v) is 7.60. The summed E-state index contributed by atoms with van der Waals surface area (Å²) in [5.74, 6) is -10.9. The van der Waals surface area contributed by atoms with E-state index in [0.717, 1.165) is 14.1 Å². The van der Waals surface area contributed by atoms with Crippen molar-refractivity contribution in [3.8, 4) is 5.75 Å². The summed E-state index contributed by atoms with van der Waals surface area (Å²) in [7, 11) is -2.76. The lowest BCUT2D eigenvalue weighted by atomic mass is 10.1. The SMILES string of the molecule is CN(C)S(=O)(=O)c1c(F)c(F)c(F)c(F)c1OCc1ccccc1C(N)=O. The molecule has 0 bridgehead atoms. The van der Waals surface area contributed by atoms with Crippen molar-refractivity contribution in [3.05, 3.63) is 58.7 Å². The van der Waals surface area contributed by atoms with Crippen molar-refractivity contribution in [1.82, 2.24) is 4.31 Å². The van der Waals surface area contributed by atoms with Crippen molar-refractivity contribution in [2.75, 3.05) is 14.1 Å². The fraction of sp³-hybridized carbons (Fsp3) is 0.188. The van der Waals surface area contributed by atoms with Gasteiger partial charge in [0.2, 0.25) is 27.6 Å². The highest BCUT2D eigenvalue weighted by molar-refractivity contribution is 7.89. The van der Waals surface area contributed by atoms with Crippen molar-refractivity contribution >= 4 is 15.9 Å². The molecule has 0 aliphatic heterocycles. The Hall–Kier alpha value is -2.66. The van der Waals surface area contributed by atoms with Gasteiger partial charge in [0.15, 0.2) is 22.3 Å². The van der Waals surface area contributed by atoms with Crippen LogP contribution in [0.25, 0.3) is 0 Å². The fourth-order valence-corrected chi connectivity index (χ4v) is 3.23. The van der Waals surface area contributed by atoms with Gasteiger partial charge in [-0.05, 0) is 6.07 Å². The zero-order chi connectivity index (χ0) is 20.5. The summed E-state index contributed by atoms with van der Waals surface area (Å²) in [6.07, 6.45) is 0. The first-order chi connectivity index (χ1) is 12.5. The van der Waals surface area contributed by atoms with E-state index in [4.69, 9.17) is 10.5 Å². The summed E-state index contributed by atoms with van der Waals surface area (Å²) in [6, 6.07) is 5.63. The Morgan fingerprint density at radius 3 is 2.15 bits per heavy atom. The normalized spacial score (nSPS) is 11.7. The number of hydrogen-bond donors (Lipinski definition) is 1. The van der Waals surface area contributed by atoms with Crippen LogP contribution in [-0.4, -0.2) is 32.7 Å². The highest BCUT2D eigenvalue weighted by atomic mass is 32.2. The molecule has 2 rings (SSSR count). The monoisotopic (exact) mass is 406 g/mol. The quantitative estimate of drug-likeness (QED) is 0.452. The number of sulfonamides is 1. The highest BCUT2D eigenvalue weighted by Gasteiger charge is 2.35. The van der Waals surface area contributed by atoms with Crippen LogP contribution < -0.4 is 10.5 Å². The molecule has 0 spiro atoms. The van der Waals surface area contributed by atoms with Crippen LogP contribution >= 0.6 is 0 Å². The van der Waals surface area contributed by atoms with Gasteiger partial charge in [-0.15, -0.1) is 0 Å². The lowest BCUT2D eigenvalue weighted by Gasteiger charge is -2.18. The smallest absolute Gasteiger partial charge is 0.249 e. The molecule has 0 aliphatic carbocycles. The van der Waals surface area contributed by atoms with E-state index in [9.17, 15) is 30.8 Å². The molecule has 0 aromatic heterocycles. The first-order valence-electron chi connectivity index (χ1n) is 7.29. The molecular formula is C16H14F4N2O4S. The molecule has 6 nitrogen and oxygen atoms in total. The summed E-state index contributed by atoms with van der Waals surface area (Å²) in [4.78, 5) is 9.89. The Balaban J connectivity index is 2.62. The van der Waals surface area contributed by atoms with Gasteiger partial charge in [-0.3, -0.25) is 4.79 Å². The predicted octanol–water partition coefficient (Wildman–Crippen LogP) is 2.17. The van der Waals surface area contributed by atoms with Crippen LogP contribution in [0.4, 0.5) is 17.6 Å². The summed E-state index contributed by atoms with van der Waals surface area (Å²) in [5.41, 5.74) is 5.25. The molecule has 0 fully saturated rings. The number of benzene rings is 2. The second kappa shape index (κ2) is 7.53. The summed E-state index contributed by atoms with van der Waals surface area (Å²) < 4.78 is 85.4. The molecule has 0 unspecified atom stereocenters. The number of hydrogen-bond acceptors (Lipinski definition) is 4. The third-order valence-electron chi connectivity index (χ3n) is 3.58. The van der Waals surface area contributed by atoms with Crippen molar-refractivity contribution in [2.45, 2.75) is 11.5 Å². The van der Waals surface area contributed by atoms with E-state index in [-0.39, 0.29) is 11.1 Å². The topological polar surface area (TPSA) is 89.7 Å². The molecule has 0 heterocycles. The average molecular weight is 406 g/mol. The number of carbonyl (C=O) groups is 1. The molecule has 27 heavy (non-hydrogen) atoms. The first kappa shape index (κ1) is 20.6. The Morgan fingerprint density at radius 1 is 1.04 bits per heavy atom. The maximum absolute atomic E-state index is 14.2. The number of primary amides is 1. The Labute approximate surface area is 152 Å². The van der Waals surface area contributed by atoms with Crippen molar-refractivity contribution in [1.29, 1.82) is 0 Å². The van der Waals surface area contributed by atoms with Crippen LogP contribution in [0.15, 0.2) is 29.2 Å². The van der Waals surface area contributed by atoms with Gasteiger partial charge in [0.25, 0.3) is 0 Å². The third kappa shape index (κ3) is 3.74. The molecule has 2 N–H and O–H groups in total. The second-order valence-electron chi connectivity index (χ2n) is 5.51. The van der Waals surface area contributed by atoms with Gasteiger partial charge >= 0.3 is 0 Å². The summed E-state index contributed by atoms with van der Waals surface area (Å²) in [5, 5.41) is 0. The molecule has 1 amide bonds. The minimum Gasteiger partial charge on any atom is -0.484 e. The average Bonchev–Trinajstić information content (AvgIpc) is 2.61. The number of nitrogens with two attached hydrogens (primary N) is 1. The summed E-state index contributed by atoms with van der Waals surface area (Å²) >= 11 is 0. The van der Waals surface area contributed by atoms with Gasteiger partial charge in [0.1, 0.15) is 6.61 Å². The lowest BCUT2D eigenvalue weighted by Crippen LogP contribution is -2.25. The van der Waals surface area contributed by atoms with Gasteiger partial charge in [0.05, 0.1) is 0 Å². The maximum Gasteiger partial charge on any atom is 0.249 e. The molecular weight excluding hydrogens is 392 g/mol. The number of carbonyl (C=O) groups excluding carboxylic acids is 1. The summed E-state index contributed by atoms with van der Waals surface area (Å²) in [6.45, 7) is -0.656. The minimum absolute atomic E-state index is 0.0296. The molecule has 11 heteroatoms. The predicted molar refractivity (Wildman–Crippen MR) is 86.4 cm³/mol. The van der Waals surface area contributed by atoms with Crippen LogP contribution in [0.3, 0.4) is 0 Å². The molecule has 2 aromatic rings. The van der Waals surface area contributed by atoms with E-state index >= 15 is 0 Å². The molecule has 146 valence electrons. The van der Waals surface area contributed by atoms with E-state index in [2.05, 4.69) is 0 Å². The number of amides is 1. The van der Waals surface area contributed by atoms with Gasteiger partial charge in [-0.2, -0.15) is 4.39 Å². The number of nitrogens with zero attached hydrogens (tertiary/aromatic N) is 1. The molecule has 0 atom stereocenters. The Bertz CT molecular complexity index is 1010. The van der Waals surface area contributed by atoms with E-state index in [1.807, 2.05) is 0 Å². The zero-order valence-corrected chi connectivity index (χ0v) is 14.9. The minimum atomic E-state index is -4.74. The van der Waals surface area contributed by atoms with Crippen molar-refractivity contribution < 1.29 is 35.5 Å². The molecule has 0 radical (unpaired) electrons. The number of rotatable bonds is 6. The van der Waals surface area contributed by atoms with Gasteiger partial charge in [-0.25, -0.2) is 25.9 Å². The number of halogens is 4. The zero-order valence-electron chi connectivity index (χ0n) is 14.1. The molecule has 0 aliphatic rings. The van der Waals surface area contributed by atoms with Crippen LogP contribution in [-0.2, 0) is 16.6 Å². The Kier molecular flexibility index (Phi) is 5.76. The van der Waals surface area contributed by atoms with E-state index in [1.54, 1.807) is 0 Å². The maximum atomic E-state index is 14.2. The van der Waals surface area contributed by atoms with Crippen LogP contribution in [0.5, 0.6) is 5.75 Å². The Morgan fingerprint density at radius 2 is 1.59 bits per heavy atom. The number of ether oxygens (including phenoxy) is 1. The van der Waals surface area contributed by atoms with Crippen LogP contribution in [0.1, 0.15) is 15.9 Å². The van der Waals surface area contributed by atoms with Crippen LogP contribution in [0, 0.1) is 23.3 Å². The van der Waals surface area contributed by atoms with Gasteiger partial charge < -0.3 is 10.5 Å². The molecule has 0 saturated heterocycles. The highest BCUT2D eigenvalue weighted by Crippen LogP contribution is 2.35. The van der Waals surface area contributed by atoms with Gasteiger partial charge in [-0.1, -0.05) is 18.2 Å². The van der Waals surface area contributed by atoms with Crippen LogP contribution in [0.2, 0.25) is 0 Å². The fourth-order valence-electron chi connectivity index (χ4n) is 2.17. The van der Waals surface area contributed by atoms with E-state index in [1.165, 1.54) is 24.3 Å². The lowest BCUT2D eigenvalue weighted by molar-refractivity contribution is 0.0997. The molecule has 2 aromatic carbocycles. The molecule has 0 saturated carbocycles.